The van der Waals surface area contributed by atoms with Gasteiger partial charge in [0.15, 0.2) is 9.84 Å². The minimum absolute atomic E-state index is 0.118. The molecule has 6 nitrogen and oxygen atoms in total. The van der Waals surface area contributed by atoms with Crippen LogP contribution in [0.2, 0.25) is 0 Å². The molecule has 28 heavy (non-hydrogen) atoms. The Hall–Kier alpha value is -3.00. The van der Waals surface area contributed by atoms with Crippen LogP contribution < -0.4 is 5.32 Å². The van der Waals surface area contributed by atoms with Crippen molar-refractivity contribution in [1.29, 1.82) is 0 Å². The normalized spacial score (nSPS) is 11.5. The first-order valence-corrected chi connectivity index (χ1v) is 10.6. The summed E-state index contributed by atoms with van der Waals surface area (Å²) in [5.74, 6) is -0.762. The van der Waals surface area contributed by atoms with Crippen molar-refractivity contribution in [2.24, 2.45) is 0 Å². The van der Waals surface area contributed by atoms with E-state index in [0.717, 1.165) is 11.8 Å². The van der Waals surface area contributed by atoms with Gasteiger partial charge >= 0.3 is 6.09 Å². The number of carboxylic acid groups (broad SMARTS) is 1. The summed E-state index contributed by atoms with van der Waals surface area (Å²) in [7, 11) is -3.42. The molecule has 0 spiro atoms. The van der Waals surface area contributed by atoms with Gasteiger partial charge < -0.3 is 10.4 Å². The van der Waals surface area contributed by atoms with Gasteiger partial charge in [-0.3, -0.25) is 4.98 Å². The number of carbonyl (C=O) groups is 1. The van der Waals surface area contributed by atoms with E-state index in [4.69, 9.17) is 5.11 Å². The lowest BCUT2D eigenvalue weighted by molar-refractivity contribution is 0.194. The molecule has 1 heterocycles. The van der Waals surface area contributed by atoms with Gasteiger partial charge in [0.05, 0.1) is 17.0 Å². The molecule has 0 unspecified atom stereocenters. The molecule has 0 saturated carbocycles. The third kappa shape index (κ3) is 4.64. The fraction of sp³-hybridized carbons (Fsp3) is 0.200. The number of pyridine rings is 1. The van der Waals surface area contributed by atoms with Gasteiger partial charge in [0.1, 0.15) is 5.82 Å². The third-order valence-corrected chi connectivity index (χ3v) is 5.05. The van der Waals surface area contributed by atoms with E-state index in [1.807, 2.05) is 30.3 Å². The third-order valence-electron chi connectivity index (χ3n) is 4.24. The van der Waals surface area contributed by atoms with E-state index in [-0.39, 0.29) is 18.7 Å². The average molecular weight is 402 g/mol. The number of halogens is 1. The Morgan fingerprint density at radius 2 is 1.89 bits per heavy atom. The van der Waals surface area contributed by atoms with E-state index in [9.17, 15) is 17.6 Å². The molecule has 2 aromatic carbocycles. The molecular weight excluding hydrogens is 383 g/mol. The van der Waals surface area contributed by atoms with Gasteiger partial charge in [0, 0.05) is 30.2 Å². The summed E-state index contributed by atoms with van der Waals surface area (Å²) in [6.45, 7) is 0.118. The zero-order chi connectivity index (χ0) is 20.3. The fourth-order valence-electron chi connectivity index (χ4n) is 3.18. The maximum absolute atomic E-state index is 13.9. The van der Waals surface area contributed by atoms with Crippen molar-refractivity contribution >= 4 is 26.8 Å². The minimum atomic E-state index is -3.42. The van der Waals surface area contributed by atoms with E-state index in [0.29, 0.717) is 27.7 Å². The summed E-state index contributed by atoms with van der Waals surface area (Å²) >= 11 is 0. The highest BCUT2D eigenvalue weighted by atomic mass is 32.2. The number of rotatable bonds is 6. The number of fused-ring (bicyclic) bond motifs is 1. The van der Waals surface area contributed by atoms with Crippen molar-refractivity contribution in [2.75, 3.05) is 12.8 Å². The van der Waals surface area contributed by atoms with Gasteiger partial charge in [-0.05, 0) is 29.3 Å². The molecular formula is C20H19FN2O4S. The molecule has 1 amide bonds. The highest BCUT2D eigenvalue weighted by Crippen LogP contribution is 2.34. The Labute approximate surface area is 162 Å². The maximum atomic E-state index is 13.9. The Morgan fingerprint density at radius 1 is 1.18 bits per heavy atom. The van der Waals surface area contributed by atoms with Crippen LogP contribution in [0, 0.1) is 5.82 Å². The number of benzene rings is 2. The molecule has 0 aliphatic heterocycles. The first kappa shape index (κ1) is 19.8. The van der Waals surface area contributed by atoms with Gasteiger partial charge in [0.2, 0.25) is 0 Å². The first-order chi connectivity index (χ1) is 13.2. The van der Waals surface area contributed by atoms with Gasteiger partial charge in [-0.25, -0.2) is 17.6 Å². The molecule has 0 atom stereocenters. The lowest BCUT2D eigenvalue weighted by Crippen LogP contribution is -2.24. The second-order valence-corrected chi connectivity index (χ2v) is 8.63. The van der Waals surface area contributed by atoms with E-state index in [2.05, 4.69) is 10.3 Å². The number of nitrogens with one attached hydrogen (secondary N) is 1. The summed E-state index contributed by atoms with van der Waals surface area (Å²) in [5.41, 5.74) is 2.81. The predicted octanol–water partition coefficient (Wildman–Crippen LogP) is 3.40. The van der Waals surface area contributed by atoms with Crippen LogP contribution in [0.25, 0.3) is 22.0 Å². The summed E-state index contributed by atoms with van der Waals surface area (Å²) < 4.78 is 38.2. The second kappa shape index (κ2) is 7.93. The summed E-state index contributed by atoms with van der Waals surface area (Å²) in [5, 5.41) is 11.6. The van der Waals surface area contributed by atoms with Gasteiger partial charge in [-0.2, -0.15) is 0 Å². The maximum Gasteiger partial charge on any atom is 0.404 e. The molecule has 8 heteroatoms. The lowest BCUT2D eigenvalue weighted by Gasteiger charge is -2.17. The average Bonchev–Trinajstić information content (AvgIpc) is 2.61. The monoisotopic (exact) mass is 402 g/mol. The quantitative estimate of drug-likeness (QED) is 0.659. The zero-order valence-electron chi connectivity index (χ0n) is 15.1. The van der Waals surface area contributed by atoms with Crippen LogP contribution in [0.5, 0.6) is 0 Å². The van der Waals surface area contributed by atoms with Crippen LogP contribution in [0.4, 0.5) is 9.18 Å². The van der Waals surface area contributed by atoms with Gasteiger partial charge in [-0.15, -0.1) is 0 Å². The zero-order valence-corrected chi connectivity index (χ0v) is 16.0. The molecule has 0 bridgehead atoms. The molecule has 0 radical (unpaired) electrons. The number of hydrogen-bond acceptors (Lipinski definition) is 4. The summed E-state index contributed by atoms with van der Waals surface area (Å²) in [6, 6.07) is 13.2. The number of sulfone groups is 1. The molecule has 0 saturated heterocycles. The Morgan fingerprint density at radius 3 is 2.54 bits per heavy atom. The lowest BCUT2D eigenvalue weighted by atomic mass is 9.94. The van der Waals surface area contributed by atoms with Gasteiger partial charge in [0.25, 0.3) is 0 Å². The molecule has 0 fully saturated rings. The van der Waals surface area contributed by atoms with Crippen molar-refractivity contribution in [1.82, 2.24) is 10.3 Å². The van der Waals surface area contributed by atoms with Crippen molar-refractivity contribution < 1.29 is 22.7 Å². The van der Waals surface area contributed by atoms with Crippen molar-refractivity contribution in [3.8, 4) is 11.1 Å². The highest BCUT2D eigenvalue weighted by Gasteiger charge is 2.20. The fourth-order valence-corrected chi connectivity index (χ4v) is 4.01. The van der Waals surface area contributed by atoms with Crippen LogP contribution in [0.1, 0.15) is 11.3 Å². The summed E-state index contributed by atoms with van der Waals surface area (Å²) in [6.07, 6.45) is 0.236. The van der Waals surface area contributed by atoms with E-state index in [1.165, 1.54) is 18.2 Å². The minimum Gasteiger partial charge on any atom is -0.465 e. The molecule has 3 aromatic rings. The number of amides is 1. The Bertz CT molecular complexity index is 1130. The predicted molar refractivity (Wildman–Crippen MR) is 105 cm³/mol. The van der Waals surface area contributed by atoms with Crippen molar-refractivity contribution in [3.63, 3.8) is 0 Å². The number of nitrogens with zero attached hydrogens (tertiary/aromatic N) is 1. The number of hydrogen-bond donors (Lipinski definition) is 2. The SMILES string of the molecule is CS(=O)(=O)Cc1c(-c2ccccc2)c(CCNC(=O)O)nc2ccc(F)cc12. The molecule has 3 rings (SSSR count). The second-order valence-electron chi connectivity index (χ2n) is 6.49. The van der Waals surface area contributed by atoms with Gasteiger partial charge in [-0.1, -0.05) is 30.3 Å². The van der Waals surface area contributed by atoms with Crippen molar-refractivity contribution in [3.05, 3.63) is 65.6 Å². The van der Waals surface area contributed by atoms with Crippen LogP contribution in [0.3, 0.4) is 0 Å². The topological polar surface area (TPSA) is 96.4 Å². The smallest absolute Gasteiger partial charge is 0.404 e. The van der Waals surface area contributed by atoms with E-state index < -0.39 is 21.7 Å². The molecule has 0 aliphatic rings. The highest BCUT2D eigenvalue weighted by molar-refractivity contribution is 7.89. The molecule has 146 valence electrons. The Kier molecular flexibility index (Phi) is 5.60. The first-order valence-electron chi connectivity index (χ1n) is 8.55. The Balaban J connectivity index is 2.30. The van der Waals surface area contributed by atoms with Crippen LogP contribution in [-0.2, 0) is 22.0 Å². The van der Waals surface area contributed by atoms with Crippen LogP contribution in [0.15, 0.2) is 48.5 Å². The van der Waals surface area contributed by atoms with Crippen molar-refractivity contribution in [2.45, 2.75) is 12.2 Å². The van der Waals surface area contributed by atoms with Crippen LogP contribution >= 0.6 is 0 Å². The van der Waals surface area contributed by atoms with E-state index in [1.54, 1.807) is 0 Å². The number of aromatic nitrogens is 1. The standard InChI is InChI=1S/C20H19FN2O4S/c1-28(26,27)12-16-15-11-14(21)7-8-17(15)23-18(9-10-22-20(24)25)19(16)13-5-3-2-4-6-13/h2-8,11,22H,9-10,12H2,1H3,(H,24,25). The molecule has 0 aliphatic carbocycles. The molecule has 1 aromatic heterocycles. The molecule has 2 N–H and O–H groups in total. The largest absolute Gasteiger partial charge is 0.465 e. The summed E-state index contributed by atoms with van der Waals surface area (Å²) in [4.78, 5) is 15.4. The van der Waals surface area contributed by atoms with Crippen LogP contribution in [-0.4, -0.2) is 37.4 Å². The van der Waals surface area contributed by atoms with E-state index >= 15 is 0 Å².